The molecular formula is C22H24N4O3S. The molecule has 1 saturated heterocycles. The Morgan fingerprint density at radius 1 is 1.00 bits per heavy atom. The standard InChI is InChI=1S/C22H24N4O3S/c23-30(29,21-10-7-16-3-1-2-4-18(16)15-21)25-19-11-13-26(14-12-19)20-8-5-17(6-9-20)22(27)24-28/h1-10,15,19,28H,11-14H2,(H,24,27)(H2,23,25,29). The van der Waals surface area contributed by atoms with Gasteiger partial charge in [0.25, 0.3) is 5.91 Å². The maximum absolute atomic E-state index is 13.1. The van der Waals surface area contributed by atoms with Crippen LogP contribution in [0.25, 0.3) is 10.8 Å². The molecule has 156 valence electrons. The van der Waals surface area contributed by atoms with Crippen molar-refractivity contribution in [2.45, 2.75) is 23.8 Å². The smallest absolute Gasteiger partial charge is 0.274 e. The number of carbonyl (C=O) groups is 1. The predicted octanol–water partition coefficient (Wildman–Crippen LogP) is 3.54. The maximum Gasteiger partial charge on any atom is 0.274 e. The minimum atomic E-state index is -3.09. The Hall–Kier alpha value is -2.94. The van der Waals surface area contributed by atoms with Gasteiger partial charge in [0.1, 0.15) is 9.92 Å². The van der Waals surface area contributed by atoms with E-state index in [-0.39, 0.29) is 6.04 Å². The SMILES string of the molecule is N=S(=O)(NC1CCN(c2ccc(C(=O)NO)cc2)CC1)c1ccc2ccccc2c1. The fourth-order valence-electron chi connectivity index (χ4n) is 3.79. The molecule has 1 amide bonds. The third-order valence-corrected chi connectivity index (χ3v) is 7.06. The van der Waals surface area contributed by atoms with E-state index in [1.165, 1.54) is 0 Å². The normalized spacial score (nSPS) is 16.9. The van der Waals surface area contributed by atoms with Crippen molar-refractivity contribution in [1.29, 1.82) is 4.78 Å². The summed E-state index contributed by atoms with van der Waals surface area (Å²) in [4.78, 5) is 14.1. The molecule has 3 aromatic carbocycles. The number of hydroxylamine groups is 1. The van der Waals surface area contributed by atoms with Crippen molar-refractivity contribution in [2.75, 3.05) is 18.0 Å². The monoisotopic (exact) mass is 424 g/mol. The van der Waals surface area contributed by atoms with E-state index in [0.29, 0.717) is 10.5 Å². The van der Waals surface area contributed by atoms with Crippen molar-refractivity contribution >= 4 is 32.3 Å². The van der Waals surface area contributed by atoms with Crippen LogP contribution < -0.4 is 15.1 Å². The van der Waals surface area contributed by atoms with Crippen LogP contribution in [-0.2, 0) is 9.92 Å². The van der Waals surface area contributed by atoms with Gasteiger partial charge in [-0.3, -0.25) is 10.0 Å². The Kier molecular flexibility index (Phi) is 5.72. The van der Waals surface area contributed by atoms with Crippen molar-refractivity contribution < 1.29 is 14.2 Å². The first kappa shape index (κ1) is 20.3. The first-order chi connectivity index (χ1) is 14.5. The number of carbonyl (C=O) groups excluding carboxylic acids is 1. The number of benzene rings is 3. The predicted molar refractivity (Wildman–Crippen MR) is 117 cm³/mol. The number of nitrogens with one attached hydrogen (secondary N) is 3. The fourth-order valence-corrected chi connectivity index (χ4v) is 5.19. The summed E-state index contributed by atoms with van der Waals surface area (Å²) in [5.41, 5.74) is 3.01. The first-order valence-corrected chi connectivity index (χ1v) is 11.4. The minimum absolute atomic E-state index is 0.00263. The van der Waals surface area contributed by atoms with E-state index in [0.717, 1.165) is 42.4 Å². The largest absolute Gasteiger partial charge is 0.371 e. The zero-order chi connectivity index (χ0) is 21.1. The van der Waals surface area contributed by atoms with Gasteiger partial charge in [0.05, 0.1) is 4.90 Å². The van der Waals surface area contributed by atoms with Gasteiger partial charge in [-0.05, 0) is 60.0 Å². The second kappa shape index (κ2) is 8.43. The average Bonchev–Trinajstić information content (AvgIpc) is 2.78. The van der Waals surface area contributed by atoms with Crippen LogP contribution >= 0.6 is 0 Å². The van der Waals surface area contributed by atoms with Crippen molar-refractivity contribution in [3.63, 3.8) is 0 Å². The topological polar surface area (TPSA) is 106 Å². The third-order valence-electron chi connectivity index (χ3n) is 5.48. The Bertz CT molecular complexity index is 1150. The van der Waals surface area contributed by atoms with E-state index in [2.05, 4.69) is 9.62 Å². The molecule has 0 radical (unpaired) electrons. The molecular weight excluding hydrogens is 400 g/mol. The summed E-state index contributed by atoms with van der Waals surface area (Å²) in [6.07, 6.45) is 1.53. The Morgan fingerprint density at radius 3 is 2.33 bits per heavy atom. The summed E-state index contributed by atoms with van der Waals surface area (Å²) in [6, 6.07) is 20.4. The van der Waals surface area contributed by atoms with Gasteiger partial charge in [0.2, 0.25) is 0 Å². The van der Waals surface area contributed by atoms with Gasteiger partial charge in [-0.2, -0.15) is 0 Å². The molecule has 1 heterocycles. The van der Waals surface area contributed by atoms with Gasteiger partial charge in [0.15, 0.2) is 0 Å². The highest BCUT2D eigenvalue weighted by Gasteiger charge is 2.23. The molecule has 8 heteroatoms. The summed E-state index contributed by atoms with van der Waals surface area (Å²) in [6.45, 7) is 1.52. The van der Waals surface area contributed by atoms with Gasteiger partial charge < -0.3 is 4.90 Å². The molecule has 7 nitrogen and oxygen atoms in total. The number of anilines is 1. The van der Waals surface area contributed by atoms with Crippen LogP contribution in [0.2, 0.25) is 0 Å². The van der Waals surface area contributed by atoms with Crippen LogP contribution in [0, 0.1) is 4.78 Å². The van der Waals surface area contributed by atoms with Gasteiger partial charge in [-0.25, -0.2) is 19.2 Å². The highest BCUT2D eigenvalue weighted by molar-refractivity contribution is 7.90. The van der Waals surface area contributed by atoms with Crippen LogP contribution in [0.3, 0.4) is 0 Å². The molecule has 0 aliphatic carbocycles. The van der Waals surface area contributed by atoms with Gasteiger partial charge in [-0.1, -0.05) is 30.3 Å². The molecule has 1 atom stereocenters. The molecule has 1 aliphatic rings. The Balaban J connectivity index is 1.39. The van der Waals surface area contributed by atoms with Crippen LogP contribution in [0.1, 0.15) is 23.2 Å². The number of hydrogen-bond acceptors (Lipinski definition) is 5. The molecule has 0 spiro atoms. The summed E-state index contributed by atoms with van der Waals surface area (Å²) in [5.74, 6) is -0.539. The van der Waals surface area contributed by atoms with Crippen LogP contribution in [0.5, 0.6) is 0 Å². The lowest BCUT2D eigenvalue weighted by Crippen LogP contribution is -2.44. The summed E-state index contributed by atoms with van der Waals surface area (Å²) < 4.78 is 24.6. The van der Waals surface area contributed by atoms with Crippen molar-refractivity contribution in [1.82, 2.24) is 10.2 Å². The molecule has 30 heavy (non-hydrogen) atoms. The molecule has 1 aliphatic heterocycles. The molecule has 0 aromatic heterocycles. The molecule has 1 fully saturated rings. The van der Waals surface area contributed by atoms with E-state index in [1.54, 1.807) is 23.7 Å². The average molecular weight is 425 g/mol. The molecule has 0 saturated carbocycles. The van der Waals surface area contributed by atoms with E-state index in [4.69, 9.17) is 9.99 Å². The van der Waals surface area contributed by atoms with Crippen molar-refractivity contribution in [3.8, 4) is 0 Å². The third kappa shape index (κ3) is 4.30. The highest BCUT2D eigenvalue weighted by Crippen LogP contribution is 2.23. The first-order valence-electron chi connectivity index (χ1n) is 9.80. The van der Waals surface area contributed by atoms with Gasteiger partial charge >= 0.3 is 0 Å². The number of hydrogen-bond donors (Lipinski definition) is 4. The quantitative estimate of drug-likeness (QED) is 0.371. The van der Waals surface area contributed by atoms with Crippen LogP contribution in [0.15, 0.2) is 71.6 Å². The van der Waals surface area contributed by atoms with E-state index >= 15 is 0 Å². The second-order valence-corrected chi connectivity index (χ2v) is 9.25. The van der Waals surface area contributed by atoms with Crippen molar-refractivity contribution in [2.24, 2.45) is 0 Å². The molecule has 4 rings (SSSR count). The number of rotatable bonds is 5. The lowest BCUT2D eigenvalue weighted by atomic mass is 10.0. The lowest BCUT2D eigenvalue weighted by Gasteiger charge is -2.34. The van der Waals surface area contributed by atoms with Gasteiger partial charge in [-0.15, -0.1) is 0 Å². The van der Waals surface area contributed by atoms with Crippen molar-refractivity contribution in [3.05, 3.63) is 72.3 Å². The number of amides is 1. The van der Waals surface area contributed by atoms with Crippen LogP contribution in [-0.4, -0.2) is 34.5 Å². The van der Waals surface area contributed by atoms with E-state index in [1.807, 2.05) is 48.5 Å². The van der Waals surface area contributed by atoms with E-state index < -0.39 is 15.8 Å². The Morgan fingerprint density at radius 2 is 1.67 bits per heavy atom. The zero-order valence-electron chi connectivity index (χ0n) is 16.4. The highest BCUT2D eigenvalue weighted by atomic mass is 32.2. The number of nitrogens with zero attached hydrogens (tertiary/aromatic N) is 1. The van der Waals surface area contributed by atoms with Gasteiger partial charge in [0, 0.05) is 30.4 Å². The minimum Gasteiger partial charge on any atom is -0.371 e. The molecule has 3 aromatic rings. The lowest BCUT2D eigenvalue weighted by molar-refractivity contribution is 0.0706. The Labute approximate surface area is 175 Å². The summed E-state index contributed by atoms with van der Waals surface area (Å²) in [7, 11) is -3.09. The molecule has 1 unspecified atom stereocenters. The summed E-state index contributed by atoms with van der Waals surface area (Å²) >= 11 is 0. The number of fused-ring (bicyclic) bond motifs is 1. The number of piperidine rings is 1. The van der Waals surface area contributed by atoms with E-state index in [9.17, 15) is 9.00 Å². The fraction of sp³-hybridized carbons (Fsp3) is 0.227. The molecule has 0 bridgehead atoms. The van der Waals surface area contributed by atoms with Crippen LogP contribution in [0.4, 0.5) is 5.69 Å². The molecule has 4 N–H and O–H groups in total. The summed E-state index contributed by atoms with van der Waals surface area (Å²) in [5, 5.41) is 10.7. The zero-order valence-corrected chi connectivity index (χ0v) is 17.2. The maximum atomic E-state index is 13.1. The second-order valence-electron chi connectivity index (χ2n) is 7.43.